The van der Waals surface area contributed by atoms with Crippen LogP contribution in [0, 0.1) is 0 Å². The van der Waals surface area contributed by atoms with Gasteiger partial charge in [-0.25, -0.2) is 0 Å². The van der Waals surface area contributed by atoms with Crippen molar-refractivity contribution in [2.24, 2.45) is 0 Å². The van der Waals surface area contributed by atoms with E-state index in [1.54, 1.807) is 31.2 Å². The molecule has 0 bridgehead atoms. The third-order valence-corrected chi connectivity index (χ3v) is 2.15. The fourth-order valence-corrected chi connectivity index (χ4v) is 1.33. The molecule has 4 nitrogen and oxygen atoms in total. The number of carbonyl (C=O) groups is 1. The van der Waals surface area contributed by atoms with Crippen molar-refractivity contribution in [2.75, 3.05) is 20.3 Å². The first kappa shape index (κ1) is 12.8. The summed E-state index contributed by atoms with van der Waals surface area (Å²) in [5.41, 5.74) is -0.553. The van der Waals surface area contributed by atoms with Gasteiger partial charge in [0.25, 0.3) is 0 Å². The van der Waals surface area contributed by atoms with E-state index < -0.39 is 5.72 Å². The topological polar surface area (TPSA) is 58.6 Å². The first-order valence-corrected chi connectivity index (χ1v) is 5.10. The molecule has 4 heteroatoms. The molecular weight excluding hydrogens is 206 g/mol. The quantitative estimate of drug-likeness (QED) is 0.553. The van der Waals surface area contributed by atoms with Gasteiger partial charge in [0.1, 0.15) is 5.72 Å². The molecule has 0 fully saturated rings. The summed E-state index contributed by atoms with van der Waals surface area (Å²) in [6, 6.07) is 8.95. The van der Waals surface area contributed by atoms with Gasteiger partial charge in [-0.05, 0) is 6.92 Å². The van der Waals surface area contributed by atoms with Crippen LogP contribution in [0.15, 0.2) is 30.3 Å². The number of rotatable bonds is 6. The van der Waals surface area contributed by atoms with Crippen molar-refractivity contribution >= 4 is 5.78 Å². The van der Waals surface area contributed by atoms with Crippen LogP contribution < -0.4 is 5.32 Å². The van der Waals surface area contributed by atoms with Crippen LogP contribution in [-0.4, -0.2) is 36.9 Å². The fraction of sp³-hybridized carbons (Fsp3) is 0.417. The van der Waals surface area contributed by atoms with E-state index in [2.05, 4.69) is 5.32 Å². The number of benzene rings is 1. The molecule has 1 rings (SSSR count). The summed E-state index contributed by atoms with van der Waals surface area (Å²) in [6.07, 6.45) is 0. The second-order valence-electron chi connectivity index (χ2n) is 3.85. The molecule has 0 heterocycles. The monoisotopic (exact) mass is 223 g/mol. The molecule has 88 valence electrons. The molecule has 0 aliphatic heterocycles. The van der Waals surface area contributed by atoms with Crippen molar-refractivity contribution in [1.82, 2.24) is 5.32 Å². The molecule has 0 aliphatic carbocycles. The highest BCUT2D eigenvalue weighted by Crippen LogP contribution is 2.02. The van der Waals surface area contributed by atoms with Crippen LogP contribution in [0.2, 0.25) is 0 Å². The van der Waals surface area contributed by atoms with Gasteiger partial charge in [-0.2, -0.15) is 0 Å². The van der Waals surface area contributed by atoms with Crippen LogP contribution in [0.5, 0.6) is 0 Å². The Labute approximate surface area is 95.2 Å². The molecule has 0 radical (unpaired) electrons. The van der Waals surface area contributed by atoms with Crippen molar-refractivity contribution in [2.45, 2.75) is 12.6 Å². The van der Waals surface area contributed by atoms with Crippen LogP contribution in [0.1, 0.15) is 17.3 Å². The zero-order valence-corrected chi connectivity index (χ0v) is 9.56. The zero-order chi connectivity index (χ0) is 12.0. The molecule has 1 aromatic rings. The lowest BCUT2D eigenvalue weighted by Crippen LogP contribution is -2.48. The van der Waals surface area contributed by atoms with Gasteiger partial charge in [-0.15, -0.1) is 0 Å². The average molecular weight is 223 g/mol. The van der Waals surface area contributed by atoms with Crippen molar-refractivity contribution in [1.29, 1.82) is 0 Å². The molecule has 0 saturated heterocycles. The minimum Gasteiger partial charge on any atom is -0.380 e. The number of hydrogen-bond donors (Lipinski definition) is 2. The standard InChI is InChI=1S/C12H17NO3/c1-12(15,9-16-2)13-8-11(14)10-6-4-3-5-7-10/h3-7,13,15H,8-9H2,1-2H3. The lowest BCUT2D eigenvalue weighted by molar-refractivity contribution is -0.0405. The Kier molecular flexibility index (Phi) is 4.61. The van der Waals surface area contributed by atoms with E-state index in [1.165, 1.54) is 7.11 Å². The van der Waals surface area contributed by atoms with Crippen molar-refractivity contribution in [3.8, 4) is 0 Å². The van der Waals surface area contributed by atoms with E-state index in [-0.39, 0.29) is 18.9 Å². The summed E-state index contributed by atoms with van der Waals surface area (Å²) >= 11 is 0. The number of nitrogens with one attached hydrogen (secondary N) is 1. The lowest BCUT2D eigenvalue weighted by Gasteiger charge is -2.23. The number of ketones is 1. The smallest absolute Gasteiger partial charge is 0.176 e. The number of hydrogen-bond acceptors (Lipinski definition) is 4. The number of Topliss-reactive ketones (excluding diaryl/α,β-unsaturated/α-hetero) is 1. The van der Waals surface area contributed by atoms with Gasteiger partial charge in [0.15, 0.2) is 5.78 Å². The highest BCUT2D eigenvalue weighted by molar-refractivity contribution is 5.97. The Morgan fingerprint density at radius 3 is 2.62 bits per heavy atom. The van der Waals surface area contributed by atoms with Gasteiger partial charge in [-0.3, -0.25) is 10.1 Å². The fourth-order valence-electron chi connectivity index (χ4n) is 1.33. The van der Waals surface area contributed by atoms with Gasteiger partial charge in [0.2, 0.25) is 0 Å². The van der Waals surface area contributed by atoms with E-state index >= 15 is 0 Å². The Morgan fingerprint density at radius 2 is 2.06 bits per heavy atom. The number of carbonyl (C=O) groups excluding carboxylic acids is 1. The van der Waals surface area contributed by atoms with Crippen molar-refractivity contribution in [3.63, 3.8) is 0 Å². The van der Waals surface area contributed by atoms with Crippen molar-refractivity contribution in [3.05, 3.63) is 35.9 Å². The molecule has 0 saturated carbocycles. The molecule has 2 N–H and O–H groups in total. The molecule has 1 aromatic carbocycles. The minimum atomic E-state index is -1.18. The Balaban J connectivity index is 2.48. The zero-order valence-electron chi connectivity index (χ0n) is 9.56. The molecule has 1 atom stereocenters. The summed E-state index contributed by atoms with van der Waals surface area (Å²) in [7, 11) is 1.50. The van der Waals surface area contributed by atoms with Gasteiger partial charge < -0.3 is 9.84 Å². The first-order chi connectivity index (χ1) is 7.55. The summed E-state index contributed by atoms with van der Waals surface area (Å²) < 4.78 is 4.82. The third kappa shape index (κ3) is 4.10. The van der Waals surface area contributed by atoms with Crippen LogP contribution in [0.3, 0.4) is 0 Å². The molecule has 1 unspecified atom stereocenters. The molecule has 0 aliphatic rings. The van der Waals surface area contributed by atoms with E-state index in [1.807, 2.05) is 6.07 Å². The summed E-state index contributed by atoms with van der Waals surface area (Å²) in [6.45, 7) is 1.78. The Hall–Kier alpha value is -1.23. The Bertz CT molecular complexity index is 335. The predicted octanol–water partition coefficient (Wildman–Crippen LogP) is 0.814. The molecule has 0 aromatic heterocycles. The second kappa shape index (κ2) is 5.75. The maximum Gasteiger partial charge on any atom is 0.176 e. The normalized spacial score (nSPS) is 14.4. The van der Waals surface area contributed by atoms with E-state index in [9.17, 15) is 9.90 Å². The highest BCUT2D eigenvalue weighted by atomic mass is 16.5. The maximum absolute atomic E-state index is 11.7. The number of ether oxygens (including phenoxy) is 1. The average Bonchev–Trinajstić information content (AvgIpc) is 2.27. The minimum absolute atomic E-state index is 0.0584. The van der Waals surface area contributed by atoms with Crippen LogP contribution in [0.25, 0.3) is 0 Å². The van der Waals surface area contributed by atoms with Gasteiger partial charge in [0.05, 0.1) is 13.2 Å². The maximum atomic E-state index is 11.7. The largest absolute Gasteiger partial charge is 0.380 e. The molecule has 0 spiro atoms. The second-order valence-corrected chi connectivity index (χ2v) is 3.85. The Morgan fingerprint density at radius 1 is 1.44 bits per heavy atom. The number of methoxy groups -OCH3 is 1. The highest BCUT2D eigenvalue weighted by Gasteiger charge is 2.20. The predicted molar refractivity (Wildman–Crippen MR) is 61.3 cm³/mol. The van der Waals surface area contributed by atoms with Gasteiger partial charge in [0, 0.05) is 12.7 Å². The molecular formula is C12H17NO3. The van der Waals surface area contributed by atoms with Crippen LogP contribution in [-0.2, 0) is 4.74 Å². The van der Waals surface area contributed by atoms with Gasteiger partial charge >= 0.3 is 0 Å². The third-order valence-electron chi connectivity index (χ3n) is 2.15. The number of aliphatic hydroxyl groups is 1. The molecule has 16 heavy (non-hydrogen) atoms. The van der Waals surface area contributed by atoms with Crippen LogP contribution >= 0.6 is 0 Å². The summed E-state index contributed by atoms with van der Waals surface area (Å²) in [5.74, 6) is -0.0584. The van der Waals surface area contributed by atoms with Gasteiger partial charge in [-0.1, -0.05) is 30.3 Å². The van der Waals surface area contributed by atoms with Crippen molar-refractivity contribution < 1.29 is 14.6 Å². The first-order valence-electron chi connectivity index (χ1n) is 5.10. The van der Waals surface area contributed by atoms with E-state index in [4.69, 9.17) is 4.74 Å². The lowest BCUT2D eigenvalue weighted by atomic mass is 10.1. The molecule has 0 amide bonds. The van der Waals surface area contributed by atoms with Crippen LogP contribution in [0.4, 0.5) is 0 Å². The van der Waals surface area contributed by atoms with E-state index in [0.717, 1.165) is 0 Å². The summed E-state index contributed by atoms with van der Waals surface area (Å²) in [4.78, 5) is 11.7. The SMILES string of the molecule is COCC(C)(O)NCC(=O)c1ccccc1. The van der Waals surface area contributed by atoms with E-state index in [0.29, 0.717) is 5.56 Å². The summed E-state index contributed by atoms with van der Waals surface area (Å²) in [5, 5.41) is 12.5.